The number of benzene rings is 1. The second-order valence-electron chi connectivity index (χ2n) is 5.26. The van der Waals surface area contributed by atoms with Gasteiger partial charge in [0.2, 0.25) is 0 Å². The van der Waals surface area contributed by atoms with Crippen molar-refractivity contribution in [2.75, 3.05) is 31.7 Å². The molecule has 1 aliphatic rings. The lowest BCUT2D eigenvalue weighted by Gasteiger charge is -2.21. The number of carbonyl (C=O) groups excluding carboxylic acids is 2. The van der Waals surface area contributed by atoms with Crippen LogP contribution in [0.4, 0.5) is 10.5 Å². The molecule has 3 N–H and O–H groups in total. The van der Waals surface area contributed by atoms with Crippen LogP contribution in [0.2, 0.25) is 0 Å². The summed E-state index contributed by atoms with van der Waals surface area (Å²) < 4.78 is 10.5. The molecule has 1 atom stereocenters. The van der Waals surface area contributed by atoms with E-state index in [0.717, 1.165) is 12.0 Å². The maximum atomic E-state index is 11.8. The second kappa shape index (κ2) is 8.38. The number of carbonyl (C=O) groups is 2. The van der Waals surface area contributed by atoms with E-state index in [-0.39, 0.29) is 24.6 Å². The number of ether oxygens (including phenoxy) is 2. The molecule has 1 aromatic carbocycles. The average Bonchev–Trinajstić information content (AvgIpc) is 2.53. The van der Waals surface area contributed by atoms with Gasteiger partial charge in [-0.2, -0.15) is 0 Å². The number of urea groups is 1. The fraction of sp³-hybridized carbons (Fsp3) is 0.500. The lowest BCUT2D eigenvalue weighted by Crippen LogP contribution is -2.37. The monoisotopic (exact) mass is 321 g/mol. The number of hydrogen-bond acceptors (Lipinski definition) is 4. The Morgan fingerprint density at radius 1 is 1.48 bits per heavy atom. The van der Waals surface area contributed by atoms with E-state index in [1.807, 2.05) is 26.0 Å². The molecule has 0 aliphatic carbocycles. The summed E-state index contributed by atoms with van der Waals surface area (Å²) >= 11 is 0. The van der Waals surface area contributed by atoms with Gasteiger partial charge in [0, 0.05) is 19.8 Å². The Bertz CT molecular complexity index is 562. The summed E-state index contributed by atoms with van der Waals surface area (Å²) in [7, 11) is 0. The Kier molecular flexibility index (Phi) is 6.22. The number of fused-ring (bicyclic) bond motifs is 1. The number of anilines is 1. The van der Waals surface area contributed by atoms with Crippen molar-refractivity contribution in [3.05, 3.63) is 23.8 Å². The predicted molar refractivity (Wildman–Crippen MR) is 86.6 cm³/mol. The number of amides is 3. The van der Waals surface area contributed by atoms with Crippen LogP contribution < -0.4 is 20.7 Å². The minimum Gasteiger partial charge on any atom is -0.482 e. The lowest BCUT2D eigenvalue weighted by atomic mass is 10.1. The second-order valence-corrected chi connectivity index (χ2v) is 5.26. The Morgan fingerprint density at radius 2 is 2.30 bits per heavy atom. The largest absolute Gasteiger partial charge is 0.482 e. The molecule has 0 bridgehead atoms. The van der Waals surface area contributed by atoms with Crippen LogP contribution >= 0.6 is 0 Å². The van der Waals surface area contributed by atoms with E-state index < -0.39 is 0 Å². The molecule has 0 saturated heterocycles. The molecule has 0 aromatic heterocycles. The maximum absolute atomic E-state index is 11.8. The van der Waals surface area contributed by atoms with Gasteiger partial charge in [0.25, 0.3) is 5.91 Å². The molecule has 2 rings (SSSR count). The molecule has 0 fully saturated rings. The molecule has 0 saturated carbocycles. The molecule has 0 radical (unpaired) electrons. The first-order chi connectivity index (χ1) is 11.1. The molecule has 0 spiro atoms. The zero-order valence-corrected chi connectivity index (χ0v) is 13.5. The SMILES string of the molecule is CCOCCCNC(=O)N[C@H](C)c1ccc2c(c1)NC(=O)CO2. The van der Waals surface area contributed by atoms with Gasteiger partial charge in [0.05, 0.1) is 11.7 Å². The van der Waals surface area contributed by atoms with E-state index >= 15 is 0 Å². The minimum atomic E-state index is -0.230. The summed E-state index contributed by atoms with van der Waals surface area (Å²) in [5.41, 5.74) is 1.52. The summed E-state index contributed by atoms with van der Waals surface area (Å²) in [4.78, 5) is 23.2. The number of hydrogen-bond donors (Lipinski definition) is 3. The van der Waals surface area contributed by atoms with Crippen molar-refractivity contribution >= 4 is 17.6 Å². The highest BCUT2D eigenvalue weighted by Gasteiger charge is 2.18. The zero-order chi connectivity index (χ0) is 16.7. The van der Waals surface area contributed by atoms with E-state index in [2.05, 4.69) is 16.0 Å². The summed E-state index contributed by atoms with van der Waals surface area (Å²) in [5.74, 6) is 0.461. The van der Waals surface area contributed by atoms with Crippen LogP contribution in [0.25, 0.3) is 0 Å². The van der Waals surface area contributed by atoms with Crippen molar-refractivity contribution in [2.45, 2.75) is 26.3 Å². The fourth-order valence-corrected chi connectivity index (χ4v) is 2.22. The Labute approximate surface area is 135 Å². The molecule has 23 heavy (non-hydrogen) atoms. The van der Waals surface area contributed by atoms with E-state index in [4.69, 9.17) is 9.47 Å². The van der Waals surface area contributed by atoms with E-state index in [1.54, 1.807) is 6.07 Å². The quantitative estimate of drug-likeness (QED) is 0.668. The van der Waals surface area contributed by atoms with Crippen molar-refractivity contribution in [1.82, 2.24) is 10.6 Å². The molecular weight excluding hydrogens is 298 g/mol. The van der Waals surface area contributed by atoms with Gasteiger partial charge < -0.3 is 25.4 Å². The normalized spacial score (nSPS) is 14.3. The summed E-state index contributed by atoms with van der Waals surface area (Å²) in [6, 6.07) is 5.06. The molecule has 7 nitrogen and oxygen atoms in total. The Morgan fingerprint density at radius 3 is 3.09 bits per heavy atom. The Hall–Kier alpha value is -2.28. The standard InChI is InChI=1S/C16H23N3O4/c1-3-22-8-4-7-17-16(21)18-11(2)12-5-6-14-13(9-12)19-15(20)10-23-14/h5-6,9,11H,3-4,7-8,10H2,1-2H3,(H,19,20)(H2,17,18,21)/t11-/m1/s1. The van der Waals surface area contributed by atoms with Crippen LogP contribution in [0.15, 0.2) is 18.2 Å². The highest BCUT2D eigenvalue weighted by atomic mass is 16.5. The van der Waals surface area contributed by atoms with Crippen molar-refractivity contribution in [3.63, 3.8) is 0 Å². The summed E-state index contributed by atoms with van der Waals surface area (Å²) in [6.45, 7) is 5.73. The average molecular weight is 321 g/mol. The van der Waals surface area contributed by atoms with Gasteiger partial charge in [0.15, 0.2) is 6.61 Å². The number of rotatable bonds is 7. The molecule has 1 aliphatic heterocycles. The third-order valence-electron chi connectivity index (χ3n) is 3.44. The smallest absolute Gasteiger partial charge is 0.315 e. The van der Waals surface area contributed by atoms with Gasteiger partial charge in [0.1, 0.15) is 5.75 Å². The highest BCUT2D eigenvalue weighted by molar-refractivity contribution is 5.95. The maximum Gasteiger partial charge on any atom is 0.315 e. The molecule has 0 unspecified atom stereocenters. The van der Waals surface area contributed by atoms with Crippen molar-refractivity contribution in [1.29, 1.82) is 0 Å². The minimum absolute atomic E-state index is 0.0320. The third kappa shape index (κ3) is 5.14. The predicted octanol–water partition coefficient (Wildman–Crippen LogP) is 1.80. The molecule has 7 heteroatoms. The molecule has 126 valence electrons. The first-order valence-corrected chi connectivity index (χ1v) is 7.79. The summed E-state index contributed by atoms with van der Waals surface area (Å²) in [6.07, 6.45) is 0.776. The van der Waals surface area contributed by atoms with Gasteiger partial charge >= 0.3 is 6.03 Å². The van der Waals surface area contributed by atoms with Crippen molar-refractivity contribution < 1.29 is 19.1 Å². The molecule has 3 amide bonds. The van der Waals surface area contributed by atoms with E-state index in [1.165, 1.54) is 0 Å². The first kappa shape index (κ1) is 17.1. The van der Waals surface area contributed by atoms with Gasteiger partial charge in [-0.1, -0.05) is 6.07 Å². The van der Waals surface area contributed by atoms with E-state index in [9.17, 15) is 9.59 Å². The van der Waals surface area contributed by atoms with Gasteiger partial charge in [-0.3, -0.25) is 4.79 Å². The van der Waals surface area contributed by atoms with Crippen LogP contribution in [-0.4, -0.2) is 38.3 Å². The van der Waals surface area contributed by atoms with Crippen LogP contribution in [0.1, 0.15) is 31.9 Å². The van der Waals surface area contributed by atoms with Crippen molar-refractivity contribution in [3.8, 4) is 5.75 Å². The lowest BCUT2D eigenvalue weighted by molar-refractivity contribution is -0.118. The third-order valence-corrected chi connectivity index (χ3v) is 3.44. The summed E-state index contributed by atoms with van der Waals surface area (Å²) in [5, 5.41) is 8.40. The zero-order valence-electron chi connectivity index (χ0n) is 13.5. The van der Waals surface area contributed by atoms with Crippen LogP contribution in [0.5, 0.6) is 5.75 Å². The first-order valence-electron chi connectivity index (χ1n) is 7.79. The van der Waals surface area contributed by atoms with E-state index in [0.29, 0.717) is 31.2 Å². The topological polar surface area (TPSA) is 88.7 Å². The van der Waals surface area contributed by atoms with Crippen LogP contribution in [-0.2, 0) is 9.53 Å². The van der Waals surface area contributed by atoms with Gasteiger partial charge in [-0.05, 0) is 38.0 Å². The fourth-order valence-electron chi connectivity index (χ4n) is 2.22. The van der Waals surface area contributed by atoms with Crippen molar-refractivity contribution in [2.24, 2.45) is 0 Å². The van der Waals surface area contributed by atoms with Crippen LogP contribution in [0.3, 0.4) is 0 Å². The van der Waals surface area contributed by atoms with Gasteiger partial charge in [-0.15, -0.1) is 0 Å². The number of nitrogens with one attached hydrogen (secondary N) is 3. The Balaban J connectivity index is 1.83. The molecule has 1 heterocycles. The van der Waals surface area contributed by atoms with Gasteiger partial charge in [-0.25, -0.2) is 4.79 Å². The van der Waals surface area contributed by atoms with Crippen LogP contribution in [0, 0.1) is 0 Å². The highest BCUT2D eigenvalue weighted by Crippen LogP contribution is 2.30. The molecular formula is C16H23N3O4. The molecule has 1 aromatic rings.